The normalized spacial score (nSPS) is 9.65. The number of imide groups is 1. The molecule has 0 aliphatic rings. The highest BCUT2D eigenvalue weighted by atomic mass is 16.2. The van der Waals surface area contributed by atoms with Crippen LogP contribution in [0.25, 0.3) is 0 Å². The van der Waals surface area contributed by atoms with Gasteiger partial charge in [0.25, 0.3) is 0 Å². The van der Waals surface area contributed by atoms with Crippen molar-refractivity contribution in [1.29, 1.82) is 0 Å². The first-order chi connectivity index (χ1) is 7.91. The van der Waals surface area contributed by atoms with Crippen molar-refractivity contribution in [2.24, 2.45) is 0 Å². The predicted molar refractivity (Wildman–Crippen MR) is 67.0 cm³/mol. The van der Waals surface area contributed by atoms with E-state index in [9.17, 15) is 9.59 Å². The van der Waals surface area contributed by atoms with Gasteiger partial charge in [-0.2, -0.15) is 0 Å². The van der Waals surface area contributed by atoms with Gasteiger partial charge in [0.15, 0.2) is 0 Å². The van der Waals surface area contributed by atoms with Gasteiger partial charge in [0.05, 0.1) is 0 Å². The molecule has 0 aliphatic carbocycles. The number of carbonyl (C=O) groups is 2. The molecule has 0 spiro atoms. The minimum atomic E-state index is -0.450. The molecule has 1 N–H and O–H groups in total. The fourth-order valence-electron chi connectivity index (χ4n) is 1.32. The first-order valence-electron chi connectivity index (χ1n) is 5.24. The fraction of sp³-hybridized carbons (Fsp3) is 0.333. The molecule has 4 amide bonds. The first-order valence-corrected chi connectivity index (χ1v) is 5.24. The minimum Gasteiger partial charge on any atom is -0.330 e. The summed E-state index contributed by atoms with van der Waals surface area (Å²) in [5.74, 6) is 0. The maximum absolute atomic E-state index is 11.7. The lowest BCUT2D eigenvalue weighted by Crippen LogP contribution is -2.42. The minimum absolute atomic E-state index is 0.366. The maximum atomic E-state index is 11.7. The Bertz CT molecular complexity index is 430. The Labute approximate surface area is 101 Å². The lowest BCUT2D eigenvalue weighted by molar-refractivity contribution is 0.182. The third-order valence-corrected chi connectivity index (χ3v) is 2.24. The van der Waals surface area contributed by atoms with Crippen LogP contribution in [-0.2, 0) is 0 Å². The second-order valence-electron chi connectivity index (χ2n) is 4.04. The van der Waals surface area contributed by atoms with Crippen LogP contribution in [0.2, 0.25) is 0 Å². The summed E-state index contributed by atoms with van der Waals surface area (Å²) in [6.45, 7) is 1.93. The van der Waals surface area contributed by atoms with Crippen LogP contribution in [0.3, 0.4) is 0 Å². The van der Waals surface area contributed by atoms with Crippen molar-refractivity contribution in [2.45, 2.75) is 6.92 Å². The number of anilines is 1. The monoisotopic (exact) mass is 235 g/mol. The zero-order chi connectivity index (χ0) is 13.0. The van der Waals surface area contributed by atoms with Crippen LogP contribution in [0.4, 0.5) is 15.3 Å². The van der Waals surface area contributed by atoms with E-state index in [1.165, 1.54) is 11.9 Å². The van der Waals surface area contributed by atoms with E-state index in [1.54, 1.807) is 20.2 Å². The number of benzene rings is 1. The molecule has 0 heterocycles. The number of hydrogen-bond acceptors (Lipinski definition) is 2. The Hall–Kier alpha value is -2.04. The van der Waals surface area contributed by atoms with E-state index < -0.39 is 6.03 Å². The van der Waals surface area contributed by atoms with Crippen LogP contribution in [0.1, 0.15) is 5.56 Å². The molecule has 5 heteroatoms. The molecule has 0 radical (unpaired) electrons. The third-order valence-electron chi connectivity index (χ3n) is 2.24. The molecular formula is C12H17N3O2. The van der Waals surface area contributed by atoms with Gasteiger partial charge in [0.2, 0.25) is 0 Å². The third kappa shape index (κ3) is 3.48. The molecule has 1 rings (SSSR count). The quantitative estimate of drug-likeness (QED) is 0.810. The van der Waals surface area contributed by atoms with Crippen molar-refractivity contribution in [2.75, 3.05) is 26.5 Å². The number of rotatable bonds is 1. The number of nitrogens with zero attached hydrogens (tertiary/aromatic N) is 2. The topological polar surface area (TPSA) is 52.7 Å². The van der Waals surface area contributed by atoms with E-state index in [0.29, 0.717) is 5.69 Å². The van der Waals surface area contributed by atoms with Crippen molar-refractivity contribution < 1.29 is 9.59 Å². The summed E-state index contributed by atoms with van der Waals surface area (Å²) in [7, 11) is 4.63. The van der Waals surface area contributed by atoms with Crippen molar-refractivity contribution in [3.8, 4) is 0 Å². The van der Waals surface area contributed by atoms with Gasteiger partial charge in [-0.05, 0) is 24.6 Å². The molecule has 0 aliphatic heterocycles. The van der Waals surface area contributed by atoms with Crippen LogP contribution in [0.15, 0.2) is 24.3 Å². The average molecular weight is 235 g/mol. The van der Waals surface area contributed by atoms with Crippen LogP contribution in [-0.4, -0.2) is 43.0 Å². The van der Waals surface area contributed by atoms with E-state index >= 15 is 0 Å². The summed E-state index contributed by atoms with van der Waals surface area (Å²) >= 11 is 0. The molecule has 0 fully saturated rings. The van der Waals surface area contributed by atoms with Gasteiger partial charge in [-0.25, -0.2) is 14.5 Å². The van der Waals surface area contributed by atoms with E-state index in [0.717, 1.165) is 10.5 Å². The van der Waals surface area contributed by atoms with Gasteiger partial charge in [-0.3, -0.25) is 0 Å². The molecule has 1 aromatic carbocycles. The summed E-state index contributed by atoms with van der Waals surface area (Å²) in [4.78, 5) is 25.6. The van der Waals surface area contributed by atoms with Crippen molar-refractivity contribution in [3.05, 3.63) is 29.8 Å². The fourth-order valence-corrected chi connectivity index (χ4v) is 1.32. The predicted octanol–water partition coefficient (Wildman–Crippen LogP) is 2.14. The molecule has 1 aromatic rings. The number of aryl methyl sites for hydroxylation is 1. The molecule has 5 nitrogen and oxygen atoms in total. The summed E-state index contributed by atoms with van der Waals surface area (Å²) in [6.07, 6.45) is 0. The summed E-state index contributed by atoms with van der Waals surface area (Å²) in [6, 6.07) is 6.58. The molecule has 0 saturated carbocycles. The van der Waals surface area contributed by atoms with Crippen molar-refractivity contribution in [3.63, 3.8) is 0 Å². The SMILES string of the molecule is Cc1cccc(NC(=O)N(C)C(=O)N(C)C)c1. The maximum Gasteiger partial charge on any atom is 0.329 e. The second kappa shape index (κ2) is 5.34. The molecule has 0 bridgehead atoms. The van der Waals surface area contributed by atoms with Gasteiger partial charge in [-0.15, -0.1) is 0 Å². The Balaban J connectivity index is 2.70. The van der Waals surface area contributed by atoms with E-state index in [-0.39, 0.29) is 6.03 Å². The smallest absolute Gasteiger partial charge is 0.329 e. The summed E-state index contributed by atoms with van der Waals surface area (Å²) in [5, 5.41) is 2.66. The van der Waals surface area contributed by atoms with E-state index in [4.69, 9.17) is 0 Å². The van der Waals surface area contributed by atoms with Gasteiger partial charge >= 0.3 is 12.1 Å². The first kappa shape index (κ1) is 13.0. The van der Waals surface area contributed by atoms with E-state index in [2.05, 4.69) is 5.32 Å². The number of nitrogens with one attached hydrogen (secondary N) is 1. The Morgan fingerprint density at radius 2 is 1.82 bits per heavy atom. The zero-order valence-corrected chi connectivity index (χ0v) is 10.5. The lowest BCUT2D eigenvalue weighted by Gasteiger charge is -2.20. The Morgan fingerprint density at radius 3 is 2.35 bits per heavy atom. The molecule has 0 saturated heterocycles. The van der Waals surface area contributed by atoms with E-state index in [1.807, 2.05) is 25.1 Å². The van der Waals surface area contributed by atoms with Crippen molar-refractivity contribution >= 4 is 17.7 Å². The average Bonchev–Trinajstić information content (AvgIpc) is 2.26. The second-order valence-corrected chi connectivity index (χ2v) is 4.04. The number of hydrogen-bond donors (Lipinski definition) is 1. The van der Waals surface area contributed by atoms with Gasteiger partial charge in [-0.1, -0.05) is 12.1 Å². The Kier molecular flexibility index (Phi) is 4.09. The number of urea groups is 2. The highest BCUT2D eigenvalue weighted by Gasteiger charge is 2.18. The number of carbonyl (C=O) groups excluding carboxylic acids is 2. The number of amides is 4. The molecular weight excluding hydrogens is 218 g/mol. The van der Waals surface area contributed by atoms with Gasteiger partial charge in [0, 0.05) is 26.8 Å². The summed E-state index contributed by atoms with van der Waals surface area (Å²) in [5.41, 5.74) is 1.72. The van der Waals surface area contributed by atoms with Crippen LogP contribution in [0, 0.1) is 6.92 Å². The standard InChI is InChI=1S/C12H17N3O2/c1-9-6-5-7-10(8-9)13-11(16)15(4)12(17)14(2)3/h5-8H,1-4H3,(H,13,16). The summed E-state index contributed by atoms with van der Waals surface area (Å²) < 4.78 is 0. The Morgan fingerprint density at radius 1 is 1.18 bits per heavy atom. The lowest BCUT2D eigenvalue weighted by atomic mass is 10.2. The van der Waals surface area contributed by atoms with Crippen LogP contribution in [0.5, 0.6) is 0 Å². The zero-order valence-electron chi connectivity index (χ0n) is 10.5. The largest absolute Gasteiger partial charge is 0.330 e. The molecule has 0 unspecified atom stereocenters. The molecule has 0 aromatic heterocycles. The van der Waals surface area contributed by atoms with Crippen LogP contribution >= 0.6 is 0 Å². The van der Waals surface area contributed by atoms with Gasteiger partial charge < -0.3 is 10.2 Å². The molecule has 17 heavy (non-hydrogen) atoms. The molecule has 92 valence electrons. The highest BCUT2D eigenvalue weighted by molar-refractivity contribution is 6.00. The highest BCUT2D eigenvalue weighted by Crippen LogP contribution is 2.10. The van der Waals surface area contributed by atoms with Crippen molar-refractivity contribution in [1.82, 2.24) is 9.80 Å². The van der Waals surface area contributed by atoms with Gasteiger partial charge in [0.1, 0.15) is 0 Å². The van der Waals surface area contributed by atoms with Crippen LogP contribution < -0.4 is 5.32 Å². The molecule has 0 atom stereocenters.